The van der Waals surface area contributed by atoms with E-state index in [1.165, 1.54) is 0 Å². The number of rotatable bonds is 2. The molecule has 0 unspecified atom stereocenters. The molecule has 0 bridgehead atoms. The first kappa shape index (κ1) is 12.5. The lowest BCUT2D eigenvalue weighted by Crippen LogP contribution is -2.36. The summed E-state index contributed by atoms with van der Waals surface area (Å²) in [7, 11) is 0. The Morgan fingerprint density at radius 3 is 2.89 bits per heavy atom. The summed E-state index contributed by atoms with van der Waals surface area (Å²) in [5.41, 5.74) is 0.460. The van der Waals surface area contributed by atoms with Crippen LogP contribution in [0.4, 0.5) is 5.13 Å². The molecule has 1 aromatic heterocycles. The molecule has 3 heterocycles. The smallest absolute Gasteiger partial charge is 0.273 e. The van der Waals surface area contributed by atoms with E-state index in [4.69, 9.17) is 17.0 Å². The van der Waals surface area contributed by atoms with Gasteiger partial charge in [-0.1, -0.05) is 11.3 Å². The molecule has 1 amide bonds. The second-order valence-electron chi connectivity index (χ2n) is 4.11. The molecule has 0 aromatic carbocycles. The van der Waals surface area contributed by atoms with Gasteiger partial charge in [-0.05, 0) is 18.3 Å². The summed E-state index contributed by atoms with van der Waals surface area (Å²) in [5, 5.41) is 6.64. The van der Waals surface area contributed by atoms with Crippen molar-refractivity contribution in [3.63, 3.8) is 0 Å². The molecule has 0 aliphatic carbocycles. The van der Waals surface area contributed by atoms with Gasteiger partial charge in [0.25, 0.3) is 5.91 Å². The maximum atomic E-state index is 11.5. The third-order valence-electron chi connectivity index (χ3n) is 2.80. The van der Waals surface area contributed by atoms with E-state index in [1.54, 1.807) is 23.6 Å². The lowest BCUT2D eigenvalue weighted by atomic mass is 10.3. The summed E-state index contributed by atoms with van der Waals surface area (Å²) < 4.78 is 5.31. The SMILES string of the molecule is O=C1NC(=S)NC1=Cc1cnc(N2CCOCC2)s1. The van der Waals surface area contributed by atoms with E-state index in [0.717, 1.165) is 36.3 Å². The van der Waals surface area contributed by atoms with Crippen molar-refractivity contribution in [3.05, 3.63) is 16.8 Å². The Morgan fingerprint density at radius 2 is 2.21 bits per heavy atom. The van der Waals surface area contributed by atoms with Crippen molar-refractivity contribution in [3.8, 4) is 0 Å². The zero-order chi connectivity index (χ0) is 13.2. The Hall–Kier alpha value is -1.51. The largest absolute Gasteiger partial charge is 0.378 e. The number of carbonyl (C=O) groups is 1. The third-order valence-corrected chi connectivity index (χ3v) is 4.01. The number of thiocarbonyl (C=S) groups is 1. The van der Waals surface area contributed by atoms with Crippen LogP contribution < -0.4 is 15.5 Å². The average molecular weight is 296 g/mol. The number of carbonyl (C=O) groups excluding carboxylic acids is 1. The van der Waals surface area contributed by atoms with Crippen LogP contribution in [0.15, 0.2) is 11.9 Å². The number of ether oxygens (including phenoxy) is 1. The molecule has 19 heavy (non-hydrogen) atoms. The molecule has 2 saturated heterocycles. The molecule has 3 rings (SSSR count). The minimum absolute atomic E-state index is 0.202. The zero-order valence-electron chi connectivity index (χ0n) is 10.0. The molecule has 0 saturated carbocycles. The van der Waals surface area contributed by atoms with Crippen LogP contribution in [0.3, 0.4) is 0 Å². The first-order valence-corrected chi connectivity index (χ1v) is 7.07. The van der Waals surface area contributed by atoms with Gasteiger partial charge in [0.1, 0.15) is 5.70 Å². The fraction of sp³-hybridized carbons (Fsp3) is 0.364. The van der Waals surface area contributed by atoms with Crippen molar-refractivity contribution >= 4 is 45.8 Å². The van der Waals surface area contributed by atoms with Gasteiger partial charge in [0.05, 0.1) is 18.1 Å². The molecular weight excluding hydrogens is 284 g/mol. The van der Waals surface area contributed by atoms with E-state index >= 15 is 0 Å². The molecule has 2 N–H and O–H groups in total. The Morgan fingerprint density at radius 1 is 1.42 bits per heavy atom. The minimum atomic E-state index is -0.202. The van der Waals surface area contributed by atoms with Gasteiger partial charge in [0.15, 0.2) is 10.2 Å². The zero-order valence-corrected chi connectivity index (χ0v) is 11.6. The molecule has 0 atom stereocenters. The van der Waals surface area contributed by atoms with Crippen LogP contribution in [0.2, 0.25) is 0 Å². The van der Waals surface area contributed by atoms with Gasteiger partial charge in [-0.3, -0.25) is 10.1 Å². The normalized spacial score (nSPS) is 21.7. The number of nitrogens with one attached hydrogen (secondary N) is 2. The summed E-state index contributed by atoms with van der Waals surface area (Å²) >= 11 is 6.43. The second kappa shape index (κ2) is 5.24. The maximum absolute atomic E-state index is 11.5. The van der Waals surface area contributed by atoms with Crippen molar-refractivity contribution in [2.75, 3.05) is 31.2 Å². The van der Waals surface area contributed by atoms with E-state index in [2.05, 4.69) is 20.5 Å². The number of hydrogen-bond acceptors (Lipinski definition) is 6. The van der Waals surface area contributed by atoms with E-state index in [1.807, 2.05) is 0 Å². The van der Waals surface area contributed by atoms with E-state index in [9.17, 15) is 4.79 Å². The molecule has 100 valence electrons. The highest BCUT2D eigenvalue weighted by molar-refractivity contribution is 7.80. The molecule has 8 heteroatoms. The third kappa shape index (κ3) is 2.75. The van der Waals surface area contributed by atoms with Gasteiger partial charge >= 0.3 is 0 Å². The monoisotopic (exact) mass is 296 g/mol. The number of nitrogens with zero attached hydrogens (tertiary/aromatic N) is 2. The van der Waals surface area contributed by atoms with Crippen molar-refractivity contribution in [1.82, 2.24) is 15.6 Å². The van der Waals surface area contributed by atoms with Gasteiger partial charge in [-0.2, -0.15) is 0 Å². The summed E-state index contributed by atoms with van der Waals surface area (Å²) in [6.07, 6.45) is 3.52. The molecule has 0 spiro atoms. The molecule has 2 aliphatic heterocycles. The molecule has 2 fully saturated rings. The van der Waals surface area contributed by atoms with Crippen LogP contribution >= 0.6 is 23.6 Å². The first-order valence-electron chi connectivity index (χ1n) is 5.85. The summed E-state index contributed by atoms with van der Waals surface area (Å²) in [6, 6.07) is 0. The van der Waals surface area contributed by atoms with Crippen LogP contribution in [-0.2, 0) is 9.53 Å². The Kier molecular flexibility index (Phi) is 3.45. The summed E-state index contributed by atoms with van der Waals surface area (Å²) in [4.78, 5) is 19.0. The topological polar surface area (TPSA) is 66.5 Å². The number of morpholine rings is 1. The molecule has 2 aliphatic rings. The highest BCUT2D eigenvalue weighted by Crippen LogP contribution is 2.25. The van der Waals surface area contributed by atoms with Gasteiger partial charge in [0, 0.05) is 19.3 Å². The predicted molar refractivity (Wildman–Crippen MR) is 77.0 cm³/mol. The van der Waals surface area contributed by atoms with Crippen molar-refractivity contribution in [1.29, 1.82) is 0 Å². The second-order valence-corrected chi connectivity index (χ2v) is 5.56. The van der Waals surface area contributed by atoms with Crippen molar-refractivity contribution in [2.24, 2.45) is 0 Å². The highest BCUT2D eigenvalue weighted by Gasteiger charge is 2.21. The van der Waals surface area contributed by atoms with Gasteiger partial charge in [-0.15, -0.1) is 0 Å². The van der Waals surface area contributed by atoms with Crippen LogP contribution in [0.1, 0.15) is 4.88 Å². The number of hydrogen-bond donors (Lipinski definition) is 2. The fourth-order valence-electron chi connectivity index (χ4n) is 1.87. The first-order chi connectivity index (χ1) is 9.22. The van der Waals surface area contributed by atoms with Crippen LogP contribution in [-0.4, -0.2) is 42.3 Å². The summed E-state index contributed by atoms with van der Waals surface area (Å²) in [6.45, 7) is 3.17. The van der Waals surface area contributed by atoms with E-state index in [0.29, 0.717) is 10.8 Å². The minimum Gasteiger partial charge on any atom is -0.378 e. The van der Waals surface area contributed by atoms with Crippen LogP contribution in [0.25, 0.3) is 6.08 Å². The average Bonchev–Trinajstić information content (AvgIpc) is 2.99. The van der Waals surface area contributed by atoms with Gasteiger partial charge < -0.3 is 15.0 Å². The number of anilines is 1. The Labute approximate surface area is 119 Å². The van der Waals surface area contributed by atoms with Crippen molar-refractivity contribution in [2.45, 2.75) is 0 Å². The van der Waals surface area contributed by atoms with E-state index in [-0.39, 0.29) is 5.91 Å². The van der Waals surface area contributed by atoms with E-state index < -0.39 is 0 Å². The maximum Gasteiger partial charge on any atom is 0.273 e. The molecule has 6 nitrogen and oxygen atoms in total. The number of thiazole rings is 1. The Bertz CT molecular complexity index is 549. The van der Waals surface area contributed by atoms with Crippen LogP contribution in [0, 0.1) is 0 Å². The fourth-order valence-corrected chi connectivity index (χ4v) is 2.98. The van der Waals surface area contributed by atoms with Crippen LogP contribution in [0.5, 0.6) is 0 Å². The molecule has 0 radical (unpaired) electrons. The number of aromatic nitrogens is 1. The lowest BCUT2D eigenvalue weighted by molar-refractivity contribution is -0.115. The standard InChI is InChI=1S/C11H12N4O2S2/c16-9-8(13-10(18)14-9)5-7-6-12-11(19-7)15-1-3-17-4-2-15/h5-6H,1-4H2,(H2,13,14,16,18). The van der Waals surface area contributed by atoms with Gasteiger partial charge in [0.2, 0.25) is 0 Å². The molecule has 1 aromatic rings. The predicted octanol–water partition coefficient (Wildman–Crippen LogP) is 0.325. The highest BCUT2D eigenvalue weighted by atomic mass is 32.1. The quantitative estimate of drug-likeness (QED) is 0.605. The number of amides is 1. The van der Waals surface area contributed by atoms with Crippen molar-refractivity contribution < 1.29 is 9.53 Å². The lowest BCUT2D eigenvalue weighted by Gasteiger charge is -2.25. The Balaban J connectivity index is 1.76. The summed E-state index contributed by atoms with van der Waals surface area (Å²) in [5.74, 6) is -0.202. The van der Waals surface area contributed by atoms with Gasteiger partial charge in [-0.25, -0.2) is 4.98 Å². The molecular formula is C11H12N4O2S2.